The van der Waals surface area contributed by atoms with Gasteiger partial charge >= 0.3 is 0 Å². The predicted molar refractivity (Wildman–Crippen MR) is 94.9 cm³/mol. The van der Waals surface area contributed by atoms with E-state index in [2.05, 4.69) is 21.2 Å². The molecule has 0 unspecified atom stereocenters. The molecule has 1 aliphatic rings. The number of carbonyl (C=O) groups is 1. The van der Waals surface area contributed by atoms with Crippen molar-refractivity contribution < 1.29 is 14.3 Å². The highest BCUT2D eigenvalue weighted by Gasteiger charge is 2.26. The van der Waals surface area contributed by atoms with Gasteiger partial charge in [0, 0.05) is 27.4 Å². The Morgan fingerprint density at radius 3 is 2.35 bits per heavy atom. The van der Waals surface area contributed by atoms with Crippen LogP contribution in [0.3, 0.4) is 0 Å². The Balaban J connectivity index is 2.15. The summed E-state index contributed by atoms with van der Waals surface area (Å²) >= 11 is 3.52. The Kier molecular flexibility index (Phi) is 4.13. The highest BCUT2D eigenvalue weighted by Crippen LogP contribution is 2.39. The van der Waals surface area contributed by atoms with Gasteiger partial charge in [-0.05, 0) is 48.4 Å². The predicted octanol–water partition coefficient (Wildman–Crippen LogP) is 4.27. The fourth-order valence-electron chi connectivity index (χ4n) is 2.66. The van der Waals surface area contributed by atoms with E-state index in [0.29, 0.717) is 17.1 Å². The number of nitrogens with one attached hydrogen (secondary N) is 1. The number of halogens is 1. The molecular formula is C18H16BrNO3. The van der Waals surface area contributed by atoms with Crippen LogP contribution in [0.5, 0.6) is 11.5 Å². The molecule has 118 valence electrons. The van der Waals surface area contributed by atoms with E-state index < -0.39 is 0 Å². The zero-order valence-corrected chi connectivity index (χ0v) is 14.7. The molecule has 0 radical (unpaired) electrons. The van der Waals surface area contributed by atoms with Crippen molar-refractivity contribution in [3.8, 4) is 11.5 Å². The van der Waals surface area contributed by atoms with E-state index in [0.717, 1.165) is 26.9 Å². The van der Waals surface area contributed by atoms with Crippen molar-refractivity contribution >= 4 is 39.2 Å². The number of methoxy groups -OCH3 is 2. The fraction of sp³-hybridized carbons (Fsp3) is 0.167. The van der Waals surface area contributed by atoms with Crippen LogP contribution in [-0.4, -0.2) is 20.1 Å². The highest BCUT2D eigenvalue weighted by atomic mass is 79.9. The van der Waals surface area contributed by atoms with Gasteiger partial charge in [-0.25, -0.2) is 0 Å². The summed E-state index contributed by atoms with van der Waals surface area (Å²) in [5, 5.41) is 2.90. The van der Waals surface area contributed by atoms with Gasteiger partial charge in [0.15, 0.2) is 0 Å². The minimum Gasteiger partial charge on any atom is -0.497 e. The van der Waals surface area contributed by atoms with Crippen LogP contribution < -0.4 is 14.8 Å². The summed E-state index contributed by atoms with van der Waals surface area (Å²) < 4.78 is 11.5. The molecule has 1 aliphatic heterocycles. The van der Waals surface area contributed by atoms with E-state index in [9.17, 15) is 4.79 Å². The number of anilines is 1. The Morgan fingerprint density at radius 1 is 1.09 bits per heavy atom. The van der Waals surface area contributed by atoms with Gasteiger partial charge in [0.25, 0.3) is 5.91 Å². The summed E-state index contributed by atoms with van der Waals surface area (Å²) in [5.74, 6) is 1.25. The second-order valence-electron chi connectivity index (χ2n) is 5.25. The molecule has 1 heterocycles. The number of rotatable bonds is 3. The summed E-state index contributed by atoms with van der Waals surface area (Å²) in [6.07, 6.45) is 1.85. The number of fused-ring (bicyclic) bond motifs is 1. The number of hydrogen-bond donors (Lipinski definition) is 1. The molecule has 0 fully saturated rings. The Morgan fingerprint density at radius 2 is 1.74 bits per heavy atom. The van der Waals surface area contributed by atoms with Crippen LogP contribution in [0.1, 0.15) is 16.7 Å². The lowest BCUT2D eigenvalue weighted by atomic mass is 9.99. The third-order valence-electron chi connectivity index (χ3n) is 3.85. The molecule has 0 saturated carbocycles. The number of ether oxygens (including phenoxy) is 2. The van der Waals surface area contributed by atoms with E-state index in [1.165, 1.54) is 0 Å². The average Bonchev–Trinajstić information content (AvgIpc) is 2.87. The average molecular weight is 374 g/mol. The number of amides is 1. The first-order chi connectivity index (χ1) is 11.0. The standard InChI is InChI=1S/C18H16BrNO3/c1-10-15(19)4-5-16-17(10)14(18(21)20-16)8-11-6-12(22-2)9-13(7-11)23-3/h4-9H,1-3H3,(H,20,21). The summed E-state index contributed by atoms with van der Waals surface area (Å²) in [7, 11) is 3.20. The molecule has 2 aromatic rings. The number of hydrogen-bond acceptors (Lipinski definition) is 3. The van der Waals surface area contributed by atoms with Gasteiger partial charge in [0.05, 0.1) is 14.2 Å². The molecule has 3 rings (SSSR count). The molecule has 0 spiro atoms. The largest absolute Gasteiger partial charge is 0.497 e. The minimum absolute atomic E-state index is 0.108. The van der Waals surface area contributed by atoms with Gasteiger partial charge in [-0.1, -0.05) is 15.9 Å². The van der Waals surface area contributed by atoms with Gasteiger partial charge in [-0.3, -0.25) is 4.79 Å². The molecule has 0 atom stereocenters. The van der Waals surface area contributed by atoms with E-state index in [-0.39, 0.29) is 5.91 Å². The number of carbonyl (C=O) groups excluding carboxylic acids is 1. The quantitative estimate of drug-likeness (QED) is 0.817. The zero-order valence-electron chi connectivity index (χ0n) is 13.1. The van der Waals surface area contributed by atoms with Gasteiger partial charge < -0.3 is 14.8 Å². The van der Waals surface area contributed by atoms with Crippen molar-refractivity contribution in [2.24, 2.45) is 0 Å². The molecular weight excluding hydrogens is 358 g/mol. The monoisotopic (exact) mass is 373 g/mol. The molecule has 0 aromatic heterocycles. The van der Waals surface area contributed by atoms with Crippen molar-refractivity contribution in [3.63, 3.8) is 0 Å². The molecule has 0 aliphatic carbocycles. The van der Waals surface area contributed by atoms with Crippen LogP contribution in [0.2, 0.25) is 0 Å². The molecule has 4 nitrogen and oxygen atoms in total. The minimum atomic E-state index is -0.108. The summed E-state index contributed by atoms with van der Waals surface area (Å²) in [6.45, 7) is 1.99. The first-order valence-corrected chi connectivity index (χ1v) is 7.88. The molecule has 0 saturated heterocycles. The maximum Gasteiger partial charge on any atom is 0.256 e. The van der Waals surface area contributed by atoms with E-state index in [1.807, 2.05) is 37.3 Å². The zero-order chi connectivity index (χ0) is 16.6. The van der Waals surface area contributed by atoms with Crippen molar-refractivity contribution in [3.05, 3.63) is 51.5 Å². The second-order valence-corrected chi connectivity index (χ2v) is 6.11. The van der Waals surface area contributed by atoms with Crippen molar-refractivity contribution in [1.29, 1.82) is 0 Å². The molecule has 0 bridgehead atoms. The second kappa shape index (κ2) is 6.08. The summed E-state index contributed by atoms with van der Waals surface area (Å²) in [6, 6.07) is 9.37. The van der Waals surface area contributed by atoms with E-state index >= 15 is 0 Å². The van der Waals surface area contributed by atoms with E-state index in [1.54, 1.807) is 20.3 Å². The lowest BCUT2D eigenvalue weighted by Crippen LogP contribution is -2.03. The lowest BCUT2D eigenvalue weighted by Gasteiger charge is -2.08. The highest BCUT2D eigenvalue weighted by molar-refractivity contribution is 9.10. The van der Waals surface area contributed by atoms with Crippen LogP contribution in [0, 0.1) is 6.92 Å². The van der Waals surface area contributed by atoms with Crippen molar-refractivity contribution in [2.45, 2.75) is 6.92 Å². The third-order valence-corrected chi connectivity index (χ3v) is 4.70. The lowest BCUT2D eigenvalue weighted by molar-refractivity contribution is -0.110. The van der Waals surface area contributed by atoms with Crippen LogP contribution in [0.4, 0.5) is 5.69 Å². The maximum absolute atomic E-state index is 12.4. The third kappa shape index (κ3) is 2.84. The van der Waals surface area contributed by atoms with Gasteiger partial charge in [-0.2, -0.15) is 0 Å². The summed E-state index contributed by atoms with van der Waals surface area (Å²) in [5.41, 5.74) is 4.26. The van der Waals surface area contributed by atoms with Gasteiger partial charge in [-0.15, -0.1) is 0 Å². The maximum atomic E-state index is 12.4. The SMILES string of the molecule is COc1cc(C=C2C(=O)Nc3ccc(Br)c(C)c32)cc(OC)c1. The Bertz CT molecular complexity index is 805. The normalized spacial score (nSPS) is 14.6. The summed E-state index contributed by atoms with van der Waals surface area (Å²) in [4.78, 5) is 12.4. The van der Waals surface area contributed by atoms with Gasteiger partial charge in [0.2, 0.25) is 0 Å². The molecule has 1 amide bonds. The molecule has 23 heavy (non-hydrogen) atoms. The molecule has 5 heteroatoms. The first-order valence-electron chi connectivity index (χ1n) is 7.09. The Hall–Kier alpha value is -2.27. The van der Waals surface area contributed by atoms with Crippen molar-refractivity contribution in [2.75, 3.05) is 19.5 Å². The first kappa shape index (κ1) is 15.6. The van der Waals surface area contributed by atoms with E-state index in [4.69, 9.17) is 9.47 Å². The van der Waals surface area contributed by atoms with Crippen molar-refractivity contribution in [1.82, 2.24) is 0 Å². The Labute approximate surface area is 143 Å². The van der Waals surface area contributed by atoms with Crippen LogP contribution in [0.15, 0.2) is 34.8 Å². The van der Waals surface area contributed by atoms with Crippen LogP contribution in [0.25, 0.3) is 11.6 Å². The van der Waals surface area contributed by atoms with Gasteiger partial charge in [0.1, 0.15) is 11.5 Å². The smallest absolute Gasteiger partial charge is 0.256 e. The fourth-order valence-corrected chi connectivity index (χ4v) is 2.99. The van der Waals surface area contributed by atoms with Crippen LogP contribution in [-0.2, 0) is 4.79 Å². The molecule has 2 aromatic carbocycles. The van der Waals surface area contributed by atoms with Crippen LogP contribution >= 0.6 is 15.9 Å². The number of benzene rings is 2. The molecule has 1 N–H and O–H groups in total. The topological polar surface area (TPSA) is 47.6 Å².